The molecule has 0 saturated carbocycles. The maximum absolute atomic E-state index is 11.9. The first-order valence-electron chi connectivity index (χ1n) is 7.73. The van der Waals surface area contributed by atoms with Crippen molar-refractivity contribution in [1.29, 1.82) is 0 Å². The third kappa shape index (κ3) is 4.10. The molecule has 3 aromatic rings. The first-order valence-corrected chi connectivity index (χ1v) is 7.73. The van der Waals surface area contributed by atoms with E-state index < -0.39 is 5.91 Å². The summed E-state index contributed by atoms with van der Waals surface area (Å²) in [5, 5.41) is 10.2. The van der Waals surface area contributed by atoms with Crippen molar-refractivity contribution in [1.82, 2.24) is 10.2 Å². The van der Waals surface area contributed by atoms with Crippen LogP contribution < -0.4 is 19.5 Å². The first-order chi connectivity index (χ1) is 12.7. The quantitative estimate of drug-likeness (QED) is 0.696. The summed E-state index contributed by atoms with van der Waals surface area (Å²) in [6, 6.07) is 14.2. The molecule has 0 atom stereocenters. The number of carbonyl (C=O) groups is 1. The highest BCUT2D eigenvalue weighted by Crippen LogP contribution is 2.32. The molecule has 0 unspecified atom stereocenters. The summed E-state index contributed by atoms with van der Waals surface area (Å²) in [6.45, 7) is -0.173. The van der Waals surface area contributed by atoms with Crippen LogP contribution in [0.15, 0.2) is 52.9 Å². The number of para-hydroxylation sites is 1. The number of aromatic nitrogens is 2. The molecule has 1 N–H and O–H groups in total. The van der Waals surface area contributed by atoms with Crippen molar-refractivity contribution in [3.8, 4) is 28.7 Å². The lowest BCUT2D eigenvalue weighted by molar-refractivity contribution is -0.118. The number of hydrogen-bond acceptors (Lipinski definition) is 7. The van der Waals surface area contributed by atoms with E-state index in [1.165, 1.54) is 7.11 Å². The van der Waals surface area contributed by atoms with E-state index in [-0.39, 0.29) is 18.5 Å². The molecule has 3 rings (SSSR count). The minimum atomic E-state index is -0.411. The van der Waals surface area contributed by atoms with Gasteiger partial charge in [0.05, 0.1) is 19.8 Å². The molecule has 134 valence electrons. The van der Waals surface area contributed by atoms with Gasteiger partial charge in [0, 0.05) is 6.07 Å². The molecule has 26 heavy (non-hydrogen) atoms. The molecule has 1 heterocycles. The topological polar surface area (TPSA) is 95.7 Å². The molecule has 1 amide bonds. The zero-order valence-corrected chi connectivity index (χ0v) is 14.3. The molecule has 2 aromatic carbocycles. The lowest BCUT2D eigenvalue weighted by atomic mass is 10.2. The molecular formula is C18H17N3O5. The van der Waals surface area contributed by atoms with Gasteiger partial charge in [0.2, 0.25) is 0 Å². The molecule has 1 aromatic heterocycles. The SMILES string of the molecule is COc1ccc(-c2nnc(NC(=O)COc3ccccc3)o2)c(OC)c1. The number of hydrogen-bond donors (Lipinski definition) is 1. The van der Waals surface area contributed by atoms with Crippen LogP contribution in [0.2, 0.25) is 0 Å². The molecule has 0 aliphatic rings. The lowest BCUT2D eigenvalue weighted by Gasteiger charge is -2.07. The van der Waals surface area contributed by atoms with Crippen molar-refractivity contribution in [3.05, 3.63) is 48.5 Å². The summed E-state index contributed by atoms with van der Waals surface area (Å²) in [5.74, 6) is 1.54. The number of methoxy groups -OCH3 is 2. The zero-order chi connectivity index (χ0) is 18.4. The van der Waals surface area contributed by atoms with Gasteiger partial charge in [-0.2, -0.15) is 0 Å². The Balaban J connectivity index is 1.65. The number of benzene rings is 2. The van der Waals surface area contributed by atoms with Crippen LogP contribution in [-0.2, 0) is 4.79 Å². The van der Waals surface area contributed by atoms with E-state index in [0.29, 0.717) is 22.8 Å². The Morgan fingerprint density at radius 2 is 1.85 bits per heavy atom. The Bertz CT molecular complexity index is 880. The van der Waals surface area contributed by atoms with Gasteiger partial charge < -0.3 is 18.6 Å². The van der Waals surface area contributed by atoms with Crippen LogP contribution in [-0.4, -0.2) is 36.9 Å². The standard InChI is InChI=1S/C18H17N3O5/c1-23-13-8-9-14(15(10-13)24-2)17-20-21-18(26-17)19-16(22)11-25-12-6-4-3-5-7-12/h3-10H,11H2,1-2H3,(H,19,21,22). The van der Waals surface area contributed by atoms with Crippen molar-refractivity contribution >= 4 is 11.9 Å². The molecule has 0 bridgehead atoms. The highest BCUT2D eigenvalue weighted by Gasteiger charge is 2.16. The normalized spacial score (nSPS) is 10.2. The number of ether oxygens (including phenoxy) is 3. The summed E-state index contributed by atoms with van der Waals surface area (Å²) in [4.78, 5) is 11.9. The van der Waals surface area contributed by atoms with Gasteiger partial charge in [0.1, 0.15) is 17.2 Å². The van der Waals surface area contributed by atoms with Crippen LogP contribution in [0.5, 0.6) is 17.2 Å². The van der Waals surface area contributed by atoms with Crippen LogP contribution in [0, 0.1) is 0 Å². The predicted molar refractivity (Wildman–Crippen MR) is 93.4 cm³/mol. The van der Waals surface area contributed by atoms with E-state index in [0.717, 1.165) is 0 Å². The number of anilines is 1. The summed E-state index contributed by atoms with van der Waals surface area (Å²) in [6.07, 6.45) is 0. The molecule has 8 nitrogen and oxygen atoms in total. The summed E-state index contributed by atoms with van der Waals surface area (Å²) >= 11 is 0. The van der Waals surface area contributed by atoms with Crippen molar-refractivity contribution in [2.24, 2.45) is 0 Å². The lowest BCUT2D eigenvalue weighted by Crippen LogP contribution is -2.20. The number of rotatable bonds is 7. The van der Waals surface area contributed by atoms with Crippen LogP contribution in [0.4, 0.5) is 6.01 Å². The fraction of sp³-hybridized carbons (Fsp3) is 0.167. The van der Waals surface area contributed by atoms with Gasteiger partial charge in [-0.3, -0.25) is 10.1 Å². The number of nitrogens with zero attached hydrogens (tertiary/aromatic N) is 2. The Morgan fingerprint density at radius 1 is 1.04 bits per heavy atom. The Labute approximate surface area is 149 Å². The van der Waals surface area contributed by atoms with Crippen molar-refractivity contribution < 1.29 is 23.4 Å². The second-order valence-electron chi connectivity index (χ2n) is 5.13. The van der Waals surface area contributed by atoms with E-state index in [1.54, 1.807) is 37.4 Å². The zero-order valence-electron chi connectivity index (χ0n) is 14.3. The van der Waals surface area contributed by atoms with Crippen molar-refractivity contribution in [3.63, 3.8) is 0 Å². The third-order valence-corrected chi connectivity index (χ3v) is 3.42. The summed E-state index contributed by atoms with van der Waals surface area (Å²) in [7, 11) is 3.09. The van der Waals surface area contributed by atoms with Gasteiger partial charge in [-0.05, 0) is 24.3 Å². The maximum Gasteiger partial charge on any atom is 0.322 e. The minimum absolute atomic E-state index is 0.0282. The van der Waals surface area contributed by atoms with Crippen LogP contribution in [0.25, 0.3) is 11.5 Å². The van der Waals surface area contributed by atoms with Crippen molar-refractivity contribution in [2.45, 2.75) is 0 Å². The average molecular weight is 355 g/mol. The molecule has 8 heteroatoms. The van der Waals surface area contributed by atoms with Crippen LogP contribution >= 0.6 is 0 Å². The molecule has 0 saturated heterocycles. The first kappa shape index (κ1) is 17.3. The van der Waals surface area contributed by atoms with E-state index in [1.807, 2.05) is 18.2 Å². The second kappa shape index (κ2) is 8.02. The van der Waals surface area contributed by atoms with Gasteiger partial charge in [0.25, 0.3) is 11.8 Å². The predicted octanol–water partition coefficient (Wildman–Crippen LogP) is 2.77. The highest BCUT2D eigenvalue weighted by atomic mass is 16.5. The highest BCUT2D eigenvalue weighted by molar-refractivity contribution is 5.89. The summed E-state index contributed by atoms with van der Waals surface area (Å²) < 4.78 is 21.3. The fourth-order valence-electron chi connectivity index (χ4n) is 2.18. The second-order valence-corrected chi connectivity index (χ2v) is 5.13. The number of carbonyl (C=O) groups excluding carboxylic acids is 1. The van der Waals surface area contributed by atoms with E-state index >= 15 is 0 Å². The average Bonchev–Trinajstić information content (AvgIpc) is 3.14. The molecule has 0 aliphatic heterocycles. The van der Waals surface area contributed by atoms with Gasteiger partial charge in [-0.25, -0.2) is 0 Å². The number of nitrogens with one attached hydrogen (secondary N) is 1. The Kier molecular flexibility index (Phi) is 5.33. The van der Waals surface area contributed by atoms with Gasteiger partial charge >= 0.3 is 6.01 Å². The molecule has 0 fully saturated rings. The Morgan fingerprint density at radius 3 is 2.58 bits per heavy atom. The minimum Gasteiger partial charge on any atom is -0.497 e. The maximum atomic E-state index is 11.9. The molecule has 0 aliphatic carbocycles. The van der Waals surface area contributed by atoms with Crippen LogP contribution in [0.1, 0.15) is 0 Å². The van der Waals surface area contributed by atoms with Gasteiger partial charge in [0.15, 0.2) is 6.61 Å². The summed E-state index contributed by atoms with van der Waals surface area (Å²) in [5.41, 5.74) is 0.585. The van der Waals surface area contributed by atoms with E-state index in [9.17, 15) is 4.79 Å². The number of amides is 1. The largest absolute Gasteiger partial charge is 0.497 e. The molecule has 0 radical (unpaired) electrons. The third-order valence-electron chi connectivity index (χ3n) is 3.42. The molecular weight excluding hydrogens is 338 g/mol. The monoisotopic (exact) mass is 355 g/mol. The molecule has 0 spiro atoms. The van der Waals surface area contributed by atoms with Gasteiger partial charge in [-0.15, -0.1) is 5.10 Å². The fourth-order valence-corrected chi connectivity index (χ4v) is 2.18. The van der Waals surface area contributed by atoms with Crippen LogP contribution in [0.3, 0.4) is 0 Å². The Hall–Kier alpha value is -3.55. The smallest absolute Gasteiger partial charge is 0.322 e. The van der Waals surface area contributed by atoms with E-state index in [4.69, 9.17) is 18.6 Å². The van der Waals surface area contributed by atoms with Gasteiger partial charge in [-0.1, -0.05) is 23.3 Å². The van der Waals surface area contributed by atoms with E-state index in [2.05, 4.69) is 15.5 Å². The van der Waals surface area contributed by atoms with Crippen molar-refractivity contribution in [2.75, 3.05) is 26.1 Å².